The molecule has 0 aromatic heterocycles. The highest BCUT2D eigenvalue weighted by molar-refractivity contribution is 5.36. The molecule has 1 aliphatic rings. The number of piperidine rings is 1. The van der Waals surface area contributed by atoms with Gasteiger partial charge in [-0.15, -0.1) is 4.99 Å². The standard InChI is InChI=1S/C12H18N2O/c1-11(2)14-8-4-6-12(9-14)5-3-7-13-10-15/h11-12H,4-6,8-9H2,1-2H3. The number of nitrogens with zero attached hydrogens (tertiary/aromatic N) is 2. The van der Waals surface area contributed by atoms with E-state index in [1.165, 1.54) is 25.5 Å². The van der Waals surface area contributed by atoms with E-state index in [0.29, 0.717) is 12.0 Å². The average molecular weight is 206 g/mol. The Morgan fingerprint density at radius 2 is 2.33 bits per heavy atom. The van der Waals surface area contributed by atoms with E-state index in [-0.39, 0.29) is 0 Å². The third-order valence-electron chi connectivity index (χ3n) is 2.85. The first-order valence-electron chi connectivity index (χ1n) is 5.52. The number of hydrogen-bond acceptors (Lipinski definition) is 3. The number of carbonyl (C=O) groups excluding carboxylic acids is 1. The molecule has 0 radical (unpaired) electrons. The molecule has 3 heteroatoms. The molecule has 0 spiro atoms. The van der Waals surface area contributed by atoms with Crippen LogP contribution in [0.15, 0.2) is 4.99 Å². The fourth-order valence-electron chi connectivity index (χ4n) is 1.99. The highest BCUT2D eigenvalue weighted by Crippen LogP contribution is 2.20. The van der Waals surface area contributed by atoms with Crippen LogP contribution in [-0.2, 0) is 4.79 Å². The normalized spacial score (nSPS) is 21.7. The van der Waals surface area contributed by atoms with E-state index in [1.54, 1.807) is 0 Å². The van der Waals surface area contributed by atoms with Crippen LogP contribution in [0.4, 0.5) is 0 Å². The van der Waals surface area contributed by atoms with Gasteiger partial charge in [0.25, 0.3) is 0 Å². The molecule has 1 atom stereocenters. The highest BCUT2D eigenvalue weighted by Gasteiger charge is 2.20. The molecule has 1 fully saturated rings. The van der Waals surface area contributed by atoms with Gasteiger partial charge < -0.3 is 4.90 Å². The molecule has 0 bridgehead atoms. The molecular weight excluding hydrogens is 188 g/mol. The van der Waals surface area contributed by atoms with Crippen molar-refractivity contribution in [3.05, 3.63) is 0 Å². The molecule has 0 saturated carbocycles. The monoisotopic (exact) mass is 206 g/mol. The molecule has 1 saturated heterocycles. The number of isocyanates is 1. The van der Waals surface area contributed by atoms with Crippen LogP contribution < -0.4 is 0 Å². The Kier molecular flexibility index (Phi) is 5.10. The quantitative estimate of drug-likeness (QED) is 0.392. The molecule has 15 heavy (non-hydrogen) atoms. The summed E-state index contributed by atoms with van der Waals surface area (Å²) < 4.78 is 0. The fraction of sp³-hybridized carbons (Fsp3) is 0.750. The van der Waals surface area contributed by atoms with Crippen molar-refractivity contribution < 1.29 is 4.79 Å². The predicted octanol–water partition coefficient (Wildman–Crippen LogP) is 1.79. The van der Waals surface area contributed by atoms with E-state index in [2.05, 4.69) is 35.7 Å². The van der Waals surface area contributed by atoms with Gasteiger partial charge >= 0.3 is 0 Å². The smallest absolute Gasteiger partial charge is 0.249 e. The van der Waals surface area contributed by atoms with Crippen molar-refractivity contribution in [2.75, 3.05) is 13.1 Å². The maximum atomic E-state index is 9.79. The largest absolute Gasteiger partial charge is 0.301 e. The Morgan fingerprint density at radius 1 is 1.53 bits per heavy atom. The van der Waals surface area contributed by atoms with Crippen molar-refractivity contribution in [2.24, 2.45) is 10.9 Å². The number of hydrogen-bond donors (Lipinski definition) is 0. The maximum Gasteiger partial charge on any atom is 0.249 e. The summed E-state index contributed by atoms with van der Waals surface area (Å²) in [6, 6.07) is 3.08. The molecule has 82 valence electrons. The van der Waals surface area contributed by atoms with E-state index >= 15 is 0 Å². The number of rotatable bonds is 2. The summed E-state index contributed by atoms with van der Waals surface area (Å²) in [5.74, 6) is 3.54. The van der Waals surface area contributed by atoms with E-state index in [0.717, 1.165) is 13.0 Å². The Balaban J connectivity index is 2.37. The van der Waals surface area contributed by atoms with Gasteiger partial charge in [0.15, 0.2) is 0 Å². The zero-order valence-corrected chi connectivity index (χ0v) is 9.49. The first-order chi connectivity index (χ1) is 7.24. The van der Waals surface area contributed by atoms with Crippen molar-refractivity contribution in [1.82, 2.24) is 4.90 Å². The third kappa shape index (κ3) is 4.29. The maximum absolute atomic E-state index is 9.79. The Bertz CT molecular complexity index is 294. The zero-order valence-electron chi connectivity index (χ0n) is 9.49. The Morgan fingerprint density at radius 3 is 3.00 bits per heavy atom. The van der Waals surface area contributed by atoms with Gasteiger partial charge in [-0.2, -0.15) is 0 Å². The van der Waals surface area contributed by atoms with E-state index in [1.807, 2.05) is 0 Å². The molecule has 0 aromatic rings. The van der Waals surface area contributed by atoms with Crippen LogP contribution in [0, 0.1) is 17.9 Å². The highest BCUT2D eigenvalue weighted by atomic mass is 16.1. The lowest BCUT2D eigenvalue weighted by Crippen LogP contribution is -2.39. The Hall–Kier alpha value is -1.10. The van der Waals surface area contributed by atoms with Gasteiger partial charge in [-0.05, 0) is 39.2 Å². The minimum absolute atomic E-state index is 0.619. The SMILES string of the molecule is CC(C)N1CCCC(CC#CN=C=O)C1. The van der Waals surface area contributed by atoms with Gasteiger partial charge in [0, 0.05) is 25.1 Å². The lowest BCUT2D eigenvalue weighted by molar-refractivity contribution is 0.142. The number of likely N-dealkylation sites (tertiary alicyclic amines) is 1. The van der Waals surface area contributed by atoms with Crippen LogP contribution in [0.1, 0.15) is 33.1 Å². The summed E-state index contributed by atoms with van der Waals surface area (Å²) in [5, 5.41) is 0. The van der Waals surface area contributed by atoms with Crippen LogP contribution in [0.3, 0.4) is 0 Å². The molecule has 1 rings (SSSR count). The third-order valence-corrected chi connectivity index (χ3v) is 2.85. The first-order valence-corrected chi connectivity index (χ1v) is 5.52. The average Bonchev–Trinajstić information content (AvgIpc) is 2.25. The van der Waals surface area contributed by atoms with Crippen LogP contribution in [0.5, 0.6) is 0 Å². The van der Waals surface area contributed by atoms with Gasteiger partial charge in [-0.25, -0.2) is 4.79 Å². The molecule has 0 N–H and O–H groups in total. The van der Waals surface area contributed by atoms with Crippen molar-refractivity contribution in [3.8, 4) is 12.0 Å². The molecule has 0 aliphatic carbocycles. The molecule has 0 amide bonds. The number of aliphatic imine (C=N–C) groups is 1. The van der Waals surface area contributed by atoms with Crippen LogP contribution in [0.2, 0.25) is 0 Å². The lowest BCUT2D eigenvalue weighted by Gasteiger charge is -2.34. The molecule has 3 nitrogen and oxygen atoms in total. The van der Waals surface area contributed by atoms with Crippen LogP contribution in [0.25, 0.3) is 0 Å². The minimum Gasteiger partial charge on any atom is -0.301 e. The van der Waals surface area contributed by atoms with E-state index in [9.17, 15) is 4.79 Å². The summed E-state index contributed by atoms with van der Waals surface area (Å²) in [7, 11) is 0. The van der Waals surface area contributed by atoms with Gasteiger partial charge in [0.1, 0.15) is 0 Å². The molecule has 1 unspecified atom stereocenters. The summed E-state index contributed by atoms with van der Waals surface area (Å²) in [4.78, 5) is 15.5. The zero-order chi connectivity index (χ0) is 11.1. The van der Waals surface area contributed by atoms with Crippen LogP contribution >= 0.6 is 0 Å². The Labute approximate surface area is 91.6 Å². The van der Waals surface area contributed by atoms with E-state index in [4.69, 9.17) is 0 Å². The van der Waals surface area contributed by atoms with Crippen molar-refractivity contribution in [1.29, 1.82) is 0 Å². The fourth-order valence-corrected chi connectivity index (χ4v) is 1.99. The van der Waals surface area contributed by atoms with Crippen molar-refractivity contribution >= 4 is 6.08 Å². The summed E-state index contributed by atoms with van der Waals surface area (Å²) >= 11 is 0. The lowest BCUT2D eigenvalue weighted by atomic mass is 9.94. The predicted molar refractivity (Wildman–Crippen MR) is 59.9 cm³/mol. The summed E-state index contributed by atoms with van der Waals surface area (Å²) in [6.07, 6.45) is 4.76. The molecule has 1 heterocycles. The van der Waals surface area contributed by atoms with Crippen molar-refractivity contribution in [2.45, 2.75) is 39.2 Å². The van der Waals surface area contributed by atoms with Gasteiger partial charge in [-0.3, -0.25) is 0 Å². The first kappa shape index (κ1) is 12.0. The second-order valence-electron chi connectivity index (χ2n) is 4.29. The minimum atomic E-state index is 0.619. The second kappa shape index (κ2) is 6.40. The van der Waals surface area contributed by atoms with Crippen molar-refractivity contribution in [3.63, 3.8) is 0 Å². The van der Waals surface area contributed by atoms with E-state index < -0.39 is 0 Å². The molecular formula is C12H18N2O. The van der Waals surface area contributed by atoms with Gasteiger partial charge in [-0.1, -0.05) is 5.92 Å². The second-order valence-corrected chi connectivity index (χ2v) is 4.29. The van der Waals surface area contributed by atoms with Gasteiger partial charge in [0.2, 0.25) is 6.08 Å². The summed E-state index contributed by atoms with van der Waals surface area (Å²) in [5.41, 5.74) is 0. The molecule has 1 aliphatic heterocycles. The molecule has 0 aromatic carbocycles. The summed E-state index contributed by atoms with van der Waals surface area (Å²) in [6.45, 7) is 6.78. The van der Waals surface area contributed by atoms with Crippen LogP contribution in [-0.4, -0.2) is 30.1 Å². The topological polar surface area (TPSA) is 32.7 Å². The van der Waals surface area contributed by atoms with Gasteiger partial charge in [0.05, 0.1) is 0 Å².